The highest BCUT2D eigenvalue weighted by atomic mass is 16.3. The fraction of sp³-hybridized carbons (Fsp3) is 0.222. The van der Waals surface area contributed by atoms with Crippen molar-refractivity contribution in [2.45, 2.75) is 19.5 Å². The molecule has 3 aromatic rings. The number of aromatic nitrogens is 2. The minimum atomic E-state index is 0.818. The summed E-state index contributed by atoms with van der Waals surface area (Å²) in [5.41, 5.74) is 3.46. The van der Waals surface area contributed by atoms with E-state index in [0.717, 1.165) is 43.2 Å². The predicted molar refractivity (Wildman–Crippen MR) is 84.0 cm³/mol. The molecule has 22 heavy (non-hydrogen) atoms. The molecule has 1 aliphatic rings. The van der Waals surface area contributed by atoms with Gasteiger partial charge >= 0.3 is 0 Å². The van der Waals surface area contributed by atoms with E-state index in [-0.39, 0.29) is 0 Å². The highest BCUT2D eigenvalue weighted by Crippen LogP contribution is 2.22. The van der Waals surface area contributed by atoms with Gasteiger partial charge in [0, 0.05) is 36.8 Å². The Morgan fingerprint density at radius 2 is 2.00 bits per heavy atom. The third-order valence-corrected chi connectivity index (χ3v) is 4.00. The zero-order valence-electron chi connectivity index (χ0n) is 12.3. The molecular weight excluding hydrogens is 274 g/mol. The van der Waals surface area contributed by atoms with E-state index in [1.807, 2.05) is 48.7 Å². The third kappa shape index (κ3) is 2.65. The van der Waals surface area contributed by atoms with E-state index in [1.165, 1.54) is 11.3 Å². The van der Waals surface area contributed by atoms with Crippen molar-refractivity contribution in [2.75, 3.05) is 6.54 Å². The van der Waals surface area contributed by atoms with Crippen LogP contribution in [0, 0.1) is 0 Å². The van der Waals surface area contributed by atoms with Crippen molar-refractivity contribution < 1.29 is 4.42 Å². The number of nitrogens with zero attached hydrogens (tertiary/aromatic N) is 3. The van der Waals surface area contributed by atoms with Crippen LogP contribution in [-0.4, -0.2) is 21.4 Å². The molecule has 0 radical (unpaired) electrons. The maximum Gasteiger partial charge on any atom is 0.159 e. The quantitative estimate of drug-likeness (QED) is 0.742. The number of benzene rings is 1. The molecule has 0 atom stereocenters. The number of fused-ring (bicyclic) bond motifs is 1. The SMILES string of the molecule is c1ccc(-c2ncc3c(n2)CCN(Cc2ccco2)C3)cc1. The fourth-order valence-electron chi connectivity index (χ4n) is 2.86. The number of hydrogen-bond acceptors (Lipinski definition) is 4. The van der Waals surface area contributed by atoms with Crippen molar-refractivity contribution >= 4 is 0 Å². The molecule has 0 saturated carbocycles. The summed E-state index contributed by atoms with van der Waals surface area (Å²) in [6.45, 7) is 2.72. The molecule has 1 aliphatic heterocycles. The van der Waals surface area contributed by atoms with Gasteiger partial charge in [0.25, 0.3) is 0 Å². The Hall–Kier alpha value is -2.46. The summed E-state index contributed by atoms with van der Waals surface area (Å²) >= 11 is 0. The molecule has 1 aromatic carbocycles. The summed E-state index contributed by atoms with van der Waals surface area (Å²) in [6.07, 6.45) is 4.65. The van der Waals surface area contributed by atoms with Gasteiger partial charge in [0.05, 0.1) is 18.5 Å². The fourth-order valence-corrected chi connectivity index (χ4v) is 2.86. The van der Waals surface area contributed by atoms with Gasteiger partial charge in [-0.15, -0.1) is 0 Å². The molecule has 0 saturated heterocycles. The van der Waals surface area contributed by atoms with Gasteiger partial charge in [-0.3, -0.25) is 4.90 Å². The molecule has 0 spiro atoms. The maximum absolute atomic E-state index is 5.43. The van der Waals surface area contributed by atoms with Crippen molar-refractivity contribution in [3.63, 3.8) is 0 Å². The highest BCUT2D eigenvalue weighted by Gasteiger charge is 2.19. The normalized spacial score (nSPS) is 14.7. The number of rotatable bonds is 3. The zero-order valence-corrected chi connectivity index (χ0v) is 12.3. The smallest absolute Gasteiger partial charge is 0.159 e. The minimum Gasteiger partial charge on any atom is -0.468 e. The van der Waals surface area contributed by atoms with Crippen LogP contribution in [0.4, 0.5) is 0 Å². The van der Waals surface area contributed by atoms with Crippen molar-refractivity contribution in [1.29, 1.82) is 0 Å². The van der Waals surface area contributed by atoms with Crippen molar-refractivity contribution in [3.8, 4) is 11.4 Å². The predicted octanol–water partition coefficient (Wildman–Crippen LogP) is 3.29. The van der Waals surface area contributed by atoms with Crippen molar-refractivity contribution in [1.82, 2.24) is 14.9 Å². The first-order chi connectivity index (χ1) is 10.9. The van der Waals surface area contributed by atoms with Gasteiger partial charge in [-0.05, 0) is 12.1 Å². The molecule has 0 unspecified atom stereocenters. The van der Waals surface area contributed by atoms with Gasteiger partial charge in [-0.2, -0.15) is 0 Å². The molecule has 4 rings (SSSR count). The monoisotopic (exact) mass is 291 g/mol. The van der Waals surface area contributed by atoms with Crippen LogP contribution < -0.4 is 0 Å². The van der Waals surface area contributed by atoms with Crippen LogP contribution in [0.25, 0.3) is 11.4 Å². The summed E-state index contributed by atoms with van der Waals surface area (Å²) in [6, 6.07) is 14.1. The van der Waals surface area contributed by atoms with Crippen LogP contribution in [0.3, 0.4) is 0 Å². The van der Waals surface area contributed by atoms with Gasteiger partial charge < -0.3 is 4.42 Å². The zero-order chi connectivity index (χ0) is 14.8. The van der Waals surface area contributed by atoms with Crippen molar-refractivity contribution in [2.24, 2.45) is 0 Å². The van der Waals surface area contributed by atoms with Gasteiger partial charge in [-0.25, -0.2) is 9.97 Å². The first kappa shape index (κ1) is 13.2. The van der Waals surface area contributed by atoms with E-state index >= 15 is 0 Å². The lowest BCUT2D eigenvalue weighted by molar-refractivity contribution is 0.223. The van der Waals surface area contributed by atoms with E-state index in [2.05, 4.69) is 9.88 Å². The number of hydrogen-bond donors (Lipinski definition) is 0. The Morgan fingerprint density at radius 1 is 1.09 bits per heavy atom. The lowest BCUT2D eigenvalue weighted by atomic mass is 10.1. The topological polar surface area (TPSA) is 42.2 Å². The molecule has 0 aliphatic carbocycles. The standard InChI is InChI=1S/C18H17N3O/c1-2-5-14(6-3-1)18-19-11-15-12-21(9-8-17(15)20-18)13-16-7-4-10-22-16/h1-7,10-11H,8-9,12-13H2. The average molecular weight is 291 g/mol. The summed E-state index contributed by atoms with van der Waals surface area (Å²) in [5, 5.41) is 0. The van der Waals surface area contributed by atoms with E-state index in [9.17, 15) is 0 Å². The summed E-state index contributed by atoms with van der Waals surface area (Å²) in [5.74, 6) is 1.82. The van der Waals surface area contributed by atoms with Crippen molar-refractivity contribution in [3.05, 3.63) is 71.9 Å². The molecule has 4 nitrogen and oxygen atoms in total. The summed E-state index contributed by atoms with van der Waals surface area (Å²) in [4.78, 5) is 11.7. The van der Waals surface area contributed by atoms with Crippen LogP contribution in [0.1, 0.15) is 17.0 Å². The first-order valence-corrected chi connectivity index (χ1v) is 7.53. The first-order valence-electron chi connectivity index (χ1n) is 7.53. The Labute approximate surface area is 129 Å². The second-order valence-corrected chi connectivity index (χ2v) is 5.57. The van der Waals surface area contributed by atoms with Crippen LogP contribution >= 0.6 is 0 Å². The third-order valence-electron chi connectivity index (χ3n) is 4.00. The molecule has 3 heterocycles. The largest absolute Gasteiger partial charge is 0.468 e. The highest BCUT2D eigenvalue weighted by molar-refractivity contribution is 5.54. The van der Waals surface area contributed by atoms with E-state index in [4.69, 9.17) is 9.40 Å². The Balaban J connectivity index is 1.54. The summed E-state index contributed by atoms with van der Waals surface area (Å²) < 4.78 is 5.43. The molecule has 0 bridgehead atoms. The maximum atomic E-state index is 5.43. The van der Waals surface area contributed by atoms with E-state index < -0.39 is 0 Å². The van der Waals surface area contributed by atoms with Gasteiger partial charge in [0.15, 0.2) is 5.82 Å². The Bertz CT molecular complexity index is 753. The summed E-state index contributed by atoms with van der Waals surface area (Å²) in [7, 11) is 0. The lowest BCUT2D eigenvalue weighted by Crippen LogP contribution is -2.30. The van der Waals surface area contributed by atoms with Gasteiger partial charge in [0.2, 0.25) is 0 Å². The van der Waals surface area contributed by atoms with Crippen LogP contribution in [-0.2, 0) is 19.5 Å². The lowest BCUT2D eigenvalue weighted by Gasteiger charge is -2.27. The molecule has 0 N–H and O–H groups in total. The minimum absolute atomic E-state index is 0.818. The Kier molecular flexibility index (Phi) is 3.45. The molecule has 110 valence electrons. The average Bonchev–Trinajstić information content (AvgIpc) is 3.08. The molecule has 0 amide bonds. The molecule has 2 aromatic heterocycles. The second-order valence-electron chi connectivity index (χ2n) is 5.57. The van der Waals surface area contributed by atoms with Gasteiger partial charge in [0.1, 0.15) is 5.76 Å². The van der Waals surface area contributed by atoms with Crippen LogP contribution in [0.5, 0.6) is 0 Å². The second kappa shape index (κ2) is 5.73. The van der Waals surface area contributed by atoms with E-state index in [0.29, 0.717) is 0 Å². The molecule has 4 heteroatoms. The number of furan rings is 1. The van der Waals surface area contributed by atoms with Gasteiger partial charge in [-0.1, -0.05) is 30.3 Å². The molecular formula is C18H17N3O. The van der Waals surface area contributed by atoms with Crippen LogP contribution in [0.15, 0.2) is 59.3 Å². The Morgan fingerprint density at radius 3 is 2.82 bits per heavy atom. The van der Waals surface area contributed by atoms with E-state index in [1.54, 1.807) is 6.26 Å². The van der Waals surface area contributed by atoms with Crippen LogP contribution in [0.2, 0.25) is 0 Å². The molecule has 0 fully saturated rings.